The minimum Gasteiger partial charge on any atom is -0.339 e. The molecule has 1 aliphatic heterocycles. The fraction of sp³-hybridized carbons (Fsp3) is 0.429. The summed E-state index contributed by atoms with van der Waals surface area (Å²) in [7, 11) is 0. The van der Waals surface area contributed by atoms with Gasteiger partial charge in [-0.2, -0.15) is 4.98 Å². The number of nitrogens with zero attached hydrogens (tertiary/aromatic N) is 2. The molecule has 1 saturated heterocycles. The summed E-state index contributed by atoms with van der Waals surface area (Å²) < 4.78 is 18.2. The molecule has 1 fully saturated rings. The van der Waals surface area contributed by atoms with Crippen LogP contribution < -0.4 is 5.32 Å². The Bertz CT molecular complexity index is 578. The zero-order valence-electron chi connectivity index (χ0n) is 11.2. The third-order valence-electron chi connectivity index (χ3n) is 3.53. The van der Waals surface area contributed by atoms with Gasteiger partial charge in [0.15, 0.2) is 5.82 Å². The number of thioether (sulfide) groups is 1. The molecule has 0 aliphatic carbocycles. The average Bonchev–Trinajstić information content (AvgIpc) is 3.08. The first-order valence-corrected chi connectivity index (χ1v) is 7.56. The molecule has 0 saturated carbocycles. The van der Waals surface area contributed by atoms with E-state index in [0.29, 0.717) is 17.5 Å². The summed E-state index contributed by atoms with van der Waals surface area (Å²) in [6.07, 6.45) is 1.01. The van der Waals surface area contributed by atoms with Crippen molar-refractivity contribution in [2.45, 2.75) is 29.4 Å². The Morgan fingerprint density at radius 1 is 1.40 bits per heavy atom. The van der Waals surface area contributed by atoms with E-state index in [1.165, 1.54) is 12.1 Å². The van der Waals surface area contributed by atoms with Crippen LogP contribution in [0.5, 0.6) is 0 Å². The maximum Gasteiger partial charge on any atom is 0.233 e. The summed E-state index contributed by atoms with van der Waals surface area (Å²) in [5.74, 6) is 1.79. The van der Waals surface area contributed by atoms with E-state index in [0.717, 1.165) is 24.4 Å². The predicted molar refractivity (Wildman–Crippen MR) is 75.1 cm³/mol. The largest absolute Gasteiger partial charge is 0.339 e. The standard InChI is InChI=1S/C14H16FN3OS/c1-14(6-7-16-9-14)13-17-12(18-19-13)8-20-11-4-2-10(15)3-5-11/h2-5,16H,6-9H2,1H3. The second-order valence-electron chi connectivity index (χ2n) is 5.25. The average molecular weight is 293 g/mol. The Morgan fingerprint density at radius 2 is 2.20 bits per heavy atom. The van der Waals surface area contributed by atoms with Gasteiger partial charge in [-0.15, -0.1) is 11.8 Å². The molecule has 1 N–H and O–H groups in total. The highest BCUT2D eigenvalue weighted by Crippen LogP contribution is 2.29. The summed E-state index contributed by atoms with van der Waals surface area (Å²) in [5, 5.41) is 7.35. The Balaban J connectivity index is 1.64. The summed E-state index contributed by atoms with van der Waals surface area (Å²) in [6.45, 7) is 4.00. The molecule has 1 unspecified atom stereocenters. The highest BCUT2D eigenvalue weighted by atomic mass is 32.2. The van der Waals surface area contributed by atoms with Gasteiger partial charge < -0.3 is 9.84 Å². The lowest BCUT2D eigenvalue weighted by Crippen LogP contribution is -2.25. The van der Waals surface area contributed by atoms with E-state index < -0.39 is 0 Å². The van der Waals surface area contributed by atoms with Crippen molar-refractivity contribution in [2.75, 3.05) is 13.1 Å². The summed E-state index contributed by atoms with van der Waals surface area (Å²) in [5.41, 5.74) is -0.0498. The van der Waals surface area contributed by atoms with Gasteiger partial charge in [-0.05, 0) is 44.2 Å². The van der Waals surface area contributed by atoms with Crippen molar-refractivity contribution in [3.63, 3.8) is 0 Å². The third-order valence-corrected chi connectivity index (χ3v) is 4.54. The molecule has 0 spiro atoms. The van der Waals surface area contributed by atoms with Gasteiger partial charge in [-0.3, -0.25) is 0 Å². The van der Waals surface area contributed by atoms with E-state index in [2.05, 4.69) is 22.4 Å². The molecule has 20 heavy (non-hydrogen) atoms. The van der Waals surface area contributed by atoms with Gasteiger partial charge in [0, 0.05) is 11.4 Å². The molecule has 1 atom stereocenters. The predicted octanol–water partition coefficient (Wildman–Crippen LogP) is 2.75. The summed E-state index contributed by atoms with van der Waals surface area (Å²) in [4.78, 5) is 5.48. The molecule has 3 rings (SSSR count). The summed E-state index contributed by atoms with van der Waals surface area (Å²) >= 11 is 1.57. The van der Waals surface area contributed by atoms with Crippen LogP contribution in [0.3, 0.4) is 0 Å². The molecule has 2 aromatic rings. The number of hydrogen-bond donors (Lipinski definition) is 1. The first-order chi connectivity index (χ1) is 9.66. The molecule has 1 aromatic carbocycles. The number of hydrogen-bond acceptors (Lipinski definition) is 5. The van der Waals surface area contributed by atoms with Crippen LogP contribution >= 0.6 is 11.8 Å². The van der Waals surface area contributed by atoms with Gasteiger partial charge in [0.1, 0.15) is 5.82 Å². The van der Waals surface area contributed by atoms with Gasteiger partial charge in [0.05, 0.1) is 11.2 Å². The number of benzene rings is 1. The topological polar surface area (TPSA) is 51.0 Å². The molecule has 0 amide bonds. The third kappa shape index (κ3) is 2.86. The molecule has 1 aromatic heterocycles. The fourth-order valence-corrected chi connectivity index (χ4v) is 2.98. The van der Waals surface area contributed by atoms with Crippen LogP contribution in [0, 0.1) is 5.82 Å². The van der Waals surface area contributed by atoms with Crippen molar-refractivity contribution in [3.8, 4) is 0 Å². The van der Waals surface area contributed by atoms with Gasteiger partial charge >= 0.3 is 0 Å². The van der Waals surface area contributed by atoms with Crippen LogP contribution in [-0.4, -0.2) is 23.2 Å². The maximum absolute atomic E-state index is 12.8. The number of nitrogens with one attached hydrogen (secondary N) is 1. The van der Waals surface area contributed by atoms with Crippen LogP contribution in [0.25, 0.3) is 0 Å². The van der Waals surface area contributed by atoms with Crippen LogP contribution in [0.1, 0.15) is 25.1 Å². The molecule has 0 radical (unpaired) electrons. The Kier molecular flexibility index (Phi) is 3.76. The SMILES string of the molecule is CC1(c2nc(CSc3ccc(F)cc3)no2)CCNC1. The lowest BCUT2D eigenvalue weighted by molar-refractivity contribution is 0.305. The minimum absolute atomic E-state index is 0.0498. The lowest BCUT2D eigenvalue weighted by atomic mass is 9.90. The molecule has 4 nitrogen and oxygen atoms in total. The van der Waals surface area contributed by atoms with Crippen molar-refractivity contribution in [3.05, 3.63) is 41.8 Å². The molecular formula is C14H16FN3OS. The summed E-state index contributed by atoms with van der Waals surface area (Å²) in [6, 6.07) is 6.41. The Labute approximate surface area is 121 Å². The molecule has 1 aliphatic rings. The number of rotatable bonds is 4. The van der Waals surface area contributed by atoms with Crippen molar-refractivity contribution < 1.29 is 8.91 Å². The van der Waals surface area contributed by atoms with Crippen LogP contribution in [0.2, 0.25) is 0 Å². The lowest BCUT2D eigenvalue weighted by Gasteiger charge is -2.15. The van der Waals surface area contributed by atoms with Crippen LogP contribution in [0.4, 0.5) is 4.39 Å². The molecule has 106 valence electrons. The van der Waals surface area contributed by atoms with Crippen molar-refractivity contribution in [1.29, 1.82) is 0 Å². The highest BCUT2D eigenvalue weighted by Gasteiger charge is 2.36. The Hall–Kier alpha value is -1.40. The van der Waals surface area contributed by atoms with Gasteiger partial charge in [-0.1, -0.05) is 5.16 Å². The molecule has 2 heterocycles. The number of halogens is 1. The zero-order valence-corrected chi connectivity index (χ0v) is 12.0. The first-order valence-electron chi connectivity index (χ1n) is 6.58. The van der Waals surface area contributed by atoms with E-state index in [1.54, 1.807) is 23.9 Å². The second-order valence-corrected chi connectivity index (χ2v) is 6.29. The quantitative estimate of drug-likeness (QED) is 0.878. The van der Waals surface area contributed by atoms with Gasteiger partial charge in [0.2, 0.25) is 5.89 Å². The monoisotopic (exact) mass is 293 g/mol. The highest BCUT2D eigenvalue weighted by molar-refractivity contribution is 7.98. The van der Waals surface area contributed by atoms with E-state index in [9.17, 15) is 4.39 Å². The fourth-order valence-electron chi connectivity index (χ4n) is 2.24. The van der Waals surface area contributed by atoms with E-state index in [1.807, 2.05) is 0 Å². The van der Waals surface area contributed by atoms with Crippen LogP contribution in [0.15, 0.2) is 33.7 Å². The molecular weight excluding hydrogens is 277 g/mol. The second kappa shape index (κ2) is 5.54. The van der Waals surface area contributed by atoms with Gasteiger partial charge in [-0.25, -0.2) is 4.39 Å². The smallest absolute Gasteiger partial charge is 0.233 e. The zero-order chi connectivity index (χ0) is 14.0. The minimum atomic E-state index is -0.224. The van der Waals surface area contributed by atoms with E-state index in [-0.39, 0.29) is 11.2 Å². The van der Waals surface area contributed by atoms with Gasteiger partial charge in [0.25, 0.3) is 0 Å². The number of aromatic nitrogens is 2. The van der Waals surface area contributed by atoms with Crippen molar-refractivity contribution in [2.24, 2.45) is 0 Å². The molecule has 0 bridgehead atoms. The van der Waals surface area contributed by atoms with Crippen molar-refractivity contribution >= 4 is 11.8 Å². The van der Waals surface area contributed by atoms with E-state index >= 15 is 0 Å². The Morgan fingerprint density at radius 3 is 2.90 bits per heavy atom. The molecule has 6 heteroatoms. The van der Waals surface area contributed by atoms with E-state index in [4.69, 9.17) is 4.52 Å². The maximum atomic E-state index is 12.8. The first kappa shape index (κ1) is 13.6. The normalized spacial score (nSPS) is 22.3. The van der Waals surface area contributed by atoms with Crippen molar-refractivity contribution in [1.82, 2.24) is 15.5 Å². The van der Waals surface area contributed by atoms with Crippen LogP contribution in [-0.2, 0) is 11.2 Å².